The zero-order valence-corrected chi connectivity index (χ0v) is 14.6. The van der Waals surface area contributed by atoms with Gasteiger partial charge >= 0.3 is 0 Å². The zero-order valence-electron chi connectivity index (χ0n) is 14.6. The Hall–Kier alpha value is -1.89. The molecule has 0 amide bonds. The van der Waals surface area contributed by atoms with Crippen LogP contribution in [0.1, 0.15) is 53.0 Å². The van der Waals surface area contributed by atoms with E-state index in [-0.39, 0.29) is 11.2 Å². The number of benzene rings is 1. The summed E-state index contributed by atoms with van der Waals surface area (Å²) < 4.78 is 0. The number of ketones is 1. The lowest BCUT2D eigenvalue weighted by molar-refractivity contribution is -0.113. The summed E-state index contributed by atoms with van der Waals surface area (Å²) >= 11 is 0. The molecule has 0 unspecified atom stereocenters. The molecule has 0 heterocycles. The largest absolute Gasteiger partial charge is 0.295 e. The van der Waals surface area contributed by atoms with Crippen LogP contribution in [0.2, 0.25) is 0 Å². The molecular weight excluding hydrogens is 268 g/mol. The fraction of sp³-hybridized carbons (Fsp3) is 0.381. The van der Waals surface area contributed by atoms with Crippen LogP contribution in [0.25, 0.3) is 0 Å². The number of hydrogen-bond donors (Lipinski definition) is 0. The molecule has 22 heavy (non-hydrogen) atoms. The monoisotopic (exact) mass is 296 g/mol. The quantitative estimate of drug-likeness (QED) is 0.460. The van der Waals surface area contributed by atoms with Crippen LogP contribution in [0.15, 0.2) is 65.8 Å². The Morgan fingerprint density at radius 1 is 1.14 bits per heavy atom. The second-order valence-electron chi connectivity index (χ2n) is 6.64. The number of Topliss-reactive ketones (excluding diaryl/α,β-unsaturated/α-hetero) is 1. The summed E-state index contributed by atoms with van der Waals surface area (Å²) in [6.45, 7) is 14.1. The van der Waals surface area contributed by atoms with Gasteiger partial charge in [-0.2, -0.15) is 0 Å². The van der Waals surface area contributed by atoms with E-state index in [0.717, 1.165) is 12.8 Å². The second kappa shape index (κ2) is 7.93. The molecule has 0 spiro atoms. The molecule has 0 aliphatic rings. The maximum atomic E-state index is 11.6. The Morgan fingerprint density at radius 3 is 2.18 bits per heavy atom. The van der Waals surface area contributed by atoms with E-state index in [1.54, 1.807) is 13.0 Å². The van der Waals surface area contributed by atoms with E-state index in [2.05, 4.69) is 58.5 Å². The molecule has 118 valence electrons. The minimum Gasteiger partial charge on any atom is -0.295 e. The lowest BCUT2D eigenvalue weighted by Crippen LogP contribution is -2.17. The highest BCUT2D eigenvalue weighted by Gasteiger charge is 2.20. The lowest BCUT2D eigenvalue weighted by atomic mass is 9.79. The molecule has 0 aliphatic carbocycles. The van der Waals surface area contributed by atoms with Crippen LogP contribution >= 0.6 is 0 Å². The molecule has 0 atom stereocenters. The van der Waals surface area contributed by atoms with Gasteiger partial charge in [0.05, 0.1) is 0 Å². The number of rotatable bonds is 7. The van der Waals surface area contributed by atoms with Gasteiger partial charge in [0, 0.05) is 5.57 Å². The van der Waals surface area contributed by atoms with Gasteiger partial charge in [-0.1, -0.05) is 62.4 Å². The lowest BCUT2D eigenvalue weighted by Gasteiger charge is -2.26. The summed E-state index contributed by atoms with van der Waals surface area (Å²) in [6.07, 6.45) is 5.63. The van der Waals surface area contributed by atoms with Crippen LogP contribution < -0.4 is 0 Å². The first-order valence-corrected chi connectivity index (χ1v) is 7.85. The first-order chi connectivity index (χ1) is 10.3. The van der Waals surface area contributed by atoms with Crippen molar-refractivity contribution in [2.75, 3.05) is 0 Å². The zero-order chi connectivity index (χ0) is 16.8. The van der Waals surface area contributed by atoms with Gasteiger partial charge in [-0.25, -0.2) is 0 Å². The molecular formula is C21H28O. The van der Waals surface area contributed by atoms with Crippen molar-refractivity contribution in [3.63, 3.8) is 0 Å². The first-order valence-electron chi connectivity index (χ1n) is 7.85. The molecule has 0 aliphatic heterocycles. The fourth-order valence-electron chi connectivity index (χ4n) is 2.44. The highest BCUT2D eigenvalue weighted by atomic mass is 16.1. The molecule has 0 fully saturated rings. The molecule has 0 N–H and O–H groups in total. The van der Waals surface area contributed by atoms with E-state index in [0.29, 0.717) is 5.57 Å². The van der Waals surface area contributed by atoms with Gasteiger partial charge in [-0.15, -0.1) is 0 Å². The van der Waals surface area contributed by atoms with E-state index in [1.165, 1.54) is 16.7 Å². The van der Waals surface area contributed by atoms with Crippen LogP contribution in [0.5, 0.6) is 0 Å². The molecule has 1 aromatic carbocycles. The van der Waals surface area contributed by atoms with Crippen LogP contribution in [0.4, 0.5) is 0 Å². The van der Waals surface area contributed by atoms with Crippen molar-refractivity contribution in [2.45, 2.75) is 52.9 Å². The summed E-state index contributed by atoms with van der Waals surface area (Å²) in [5.74, 6) is 0.0658. The van der Waals surface area contributed by atoms with Crippen LogP contribution in [-0.4, -0.2) is 5.78 Å². The summed E-state index contributed by atoms with van der Waals surface area (Å²) in [5.41, 5.74) is 4.63. The second-order valence-corrected chi connectivity index (χ2v) is 6.64. The topological polar surface area (TPSA) is 17.1 Å². The van der Waals surface area contributed by atoms with Gasteiger partial charge < -0.3 is 0 Å². The van der Waals surface area contributed by atoms with E-state index in [1.807, 2.05) is 12.1 Å². The average molecular weight is 296 g/mol. The Morgan fingerprint density at radius 2 is 1.73 bits per heavy atom. The molecule has 0 bridgehead atoms. The minimum absolute atomic E-state index is 0.0658. The SMILES string of the molecule is C=C/C(=C\C(CCC(C)(C)c1ccccc1)=C(C)C)C(C)=O. The van der Waals surface area contributed by atoms with Gasteiger partial charge in [0.25, 0.3) is 0 Å². The number of hydrogen-bond acceptors (Lipinski definition) is 1. The fourth-order valence-corrected chi connectivity index (χ4v) is 2.44. The van der Waals surface area contributed by atoms with Gasteiger partial charge in [-0.3, -0.25) is 4.79 Å². The number of allylic oxidation sites excluding steroid dienone is 5. The smallest absolute Gasteiger partial charge is 0.159 e. The molecule has 0 aromatic heterocycles. The molecule has 0 radical (unpaired) electrons. The maximum Gasteiger partial charge on any atom is 0.159 e. The van der Waals surface area contributed by atoms with Gasteiger partial charge in [0.15, 0.2) is 5.78 Å². The van der Waals surface area contributed by atoms with Crippen molar-refractivity contribution < 1.29 is 4.79 Å². The highest BCUT2D eigenvalue weighted by molar-refractivity contribution is 5.96. The number of carbonyl (C=O) groups excluding carboxylic acids is 1. The van der Waals surface area contributed by atoms with Crippen molar-refractivity contribution in [1.29, 1.82) is 0 Å². The van der Waals surface area contributed by atoms with Crippen molar-refractivity contribution in [1.82, 2.24) is 0 Å². The Labute approximate surface area is 135 Å². The van der Waals surface area contributed by atoms with Crippen LogP contribution in [-0.2, 0) is 10.2 Å². The molecule has 0 saturated heterocycles. The Balaban J connectivity index is 2.93. The maximum absolute atomic E-state index is 11.6. The third-order valence-electron chi connectivity index (χ3n) is 4.17. The Bertz CT molecular complexity index is 582. The summed E-state index contributed by atoms with van der Waals surface area (Å²) in [5, 5.41) is 0. The first kappa shape index (κ1) is 18.2. The molecule has 1 nitrogen and oxygen atoms in total. The van der Waals surface area contributed by atoms with Gasteiger partial charge in [0.2, 0.25) is 0 Å². The van der Waals surface area contributed by atoms with Crippen molar-refractivity contribution in [2.24, 2.45) is 0 Å². The highest BCUT2D eigenvalue weighted by Crippen LogP contribution is 2.31. The van der Waals surface area contributed by atoms with Crippen LogP contribution in [0.3, 0.4) is 0 Å². The number of carbonyl (C=O) groups is 1. The molecule has 0 saturated carbocycles. The standard InChI is InChI=1S/C21H28O/c1-7-18(17(4)22)15-19(16(2)3)13-14-21(5,6)20-11-9-8-10-12-20/h7-12,15H,1,13-14H2,2-6H3/b18-15+. The summed E-state index contributed by atoms with van der Waals surface area (Å²) in [4.78, 5) is 11.6. The van der Waals surface area contributed by atoms with Crippen molar-refractivity contribution in [3.05, 3.63) is 71.3 Å². The van der Waals surface area contributed by atoms with Crippen molar-refractivity contribution in [3.8, 4) is 0 Å². The normalized spacial score (nSPS) is 12.0. The molecule has 1 aromatic rings. The van der Waals surface area contributed by atoms with E-state index in [9.17, 15) is 4.79 Å². The summed E-state index contributed by atoms with van der Waals surface area (Å²) in [6, 6.07) is 10.6. The third kappa shape index (κ3) is 5.14. The van der Waals surface area contributed by atoms with Crippen LogP contribution in [0, 0.1) is 0 Å². The van der Waals surface area contributed by atoms with E-state index >= 15 is 0 Å². The molecule has 1 heteroatoms. The Kier molecular flexibility index (Phi) is 6.55. The van der Waals surface area contributed by atoms with Gasteiger partial charge in [0.1, 0.15) is 0 Å². The van der Waals surface area contributed by atoms with E-state index < -0.39 is 0 Å². The predicted molar refractivity (Wildman–Crippen MR) is 96.0 cm³/mol. The average Bonchev–Trinajstić information content (AvgIpc) is 2.47. The summed E-state index contributed by atoms with van der Waals surface area (Å²) in [7, 11) is 0. The minimum atomic E-state index is 0.0658. The van der Waals surface area contributed by atoms with E-state index in [4.69, 9.17) is 0 Å². The third-order valence-corrected chi connectivity index (χ3v) is 4.17. The van der Waals surface area contributed by atoms with Crippen molar-refractivity contribution >= 4 is 5.78 Å². The predicted octanol–water partition coefficient (Wildman–Crippen LogP) is 5.78. The van der Waals surface area contributed by atoms with Gasteiger partial charge in [-0.05, 0) is 56.2 Å². The molecule has 1 rings (SSSR count).